The number of likely N-dealkylation sites (N-methyl/N-ethyl adjacent to an activating group) is 1. The standard InChI is InChI=1S/C19H30N4O3S/c1-20(2)27(25,26)16-7-8-18(22-9-5-4-6-10-22)17(15-16)19(24)23-13-11-21(3)12-14-23/h7-8,15H,4-6,9-14H2,1-3H3. The summed E-state index contributed by atoms with van der Waals surface area (Å²) in [5, 5.41) is 0. The Morgan fingerprint density at radius 3 is 2.19 bits per heavy atom. The second kappa shape index (κ2) is 8.16. The molecule has 1 amide bonds. The van der Waals surface area contributed by atoms with Gasteiger partial charge in [0.25, 0.3) is 5.91 Å². The highest BCUT2D eigenvalue weighted by Gasteiger charge is 2.27. The lowest BCUT2D eigenvalue weighted by Crippen LogP contribution is -2.47. The summed E-state index contributed by atoms with van der Waals surface area (Å²) < 4.78 is 26.4. The van der Waals surface area contributed by atoms with E-state index in [1.54, 1.807) is 12.1 Å². The van der Waals surface area contributed by atoms with Gasteiger partial charge in [-0.2, -0.15) is 0 Å². The van der Waals surface area contributed by atoms with Crippen molar-refractivity contribution in [1.29, 1.82) is 0 Å². The van der Waals surface area contributed by atoms with Crippen molar-refractivity contribution in [3.8, 4) is 0 Å². The van der Waals surface area contributed by atoms with E-state index in [0.29, 0.717) is 18.7 Å². The van der Waals surface area contributed by atoms with Crippen molar-refractivity contribution in [3.05, 3.63) is 23.8 Å². The summed E-state index contributed by atoms with van der Waals surface area (Å²) in [6.45, 7) is 4.81. The van der Waals surface area contributed by atoms with Crippen LogP contribution in [0.15, 0.2) is 23.1 Å². The highest BCUT2D eigenvalue weighted by atomic mass is 32.2. The minimum absolute atomic E-state index is 0.0699. The van der Waals surface area contributed by atoms with Crippen LogP contribution in [0.25, 0.3) is 0 Å². The quantitative estimate of drug-likeness (QED) is 0.771. The van der Waals surface area contributed by atoms with E-state index in [-0.39, 0.29) is 10.8 Å². The normalized spacial score (nSPS) is 19.6. The van der Waals surface area contributed by atoms with Gasteiger partial charge in [0.05, 0.1) is 10.5 Å². The van der Waals surface area contributed by atoms with E-state index in [4.69, 9.17) is 0 Å². The maximum Gasteiger partial charge on any atom is 0.256 e. The number of benzene rings is 1. The SMILES string of the molecule is CN1CCN(C(=O)c2cc(S(=O)(=O)N(C)C)ccc2N2CCCCC2)CC1. The Kier molecular flexibility index (Phi) is 6.08. The van der Waals surface area contributed by atoms with Gasteiger partial charge >= 0.3 is 0 Å². The minimum Gasteiger partial charge on any atom is -0.371 e. The molecule has 0 unspecified atom stereocenters. The molecule has 7 nitrogen and oxygen atoms in total. The van der Waals surface area contributed by atoms with E-state index in [1.807, 2.05) is 18.0 Å². The van der Waals surface area contributed by atoms with Crippen molar-refractivity contribution in [2.24, 2.45) is 0 Å². The second-order valence-corrected chi connectivity index (χ2v) is 9.76. The number of nitrogens with zero attached hydrogens (tertiary/aromatic N) is 4. The van der Waals surface area contributed by atoms with Gasteiger partial charge in [-0.15, -0.1) is 0 Å². The fraction of sp³-hybridized carbons (Fsp3) is 0.632. The zero-order chi connectivity index (χ0) is 19.6. The number of hydrogen-bond acceptors (Lipinski definition) is 5. The van der Waals surface area contributed by atoms with Crippen LogP contribution in [-0.2, 0) is 10.0 Å². The molecule has 8 heteroatoms. The molecule has 1 aromatic carbocycles. The van der Waals surface area contributed by atoms with Crippen LogP contribution < -0.4 is 4.90 Å². The number of amides is 1. The molecule has 0 aliphatic carbocycles. The molecule has 2 heterocycles. The predicted molar refractivity (Wildman–Crippen MR) is 107 cm³/mol. The van der Waals surface area contributed by atoms with Crippen LogP contribution in [-0.4, -0.2) is 88.8 Å². The summed E-state index contributed by atoms with van der Waals surface area (Å²) >= 11 is 0. The van der Waals surface area contributed by atoms with Gasteiger partial charge in [-0.1, -0.05) is 0 Å². The summed E-state index contributed by atoms with van der Waals surface area (Å²) in [5.74, 6) is -0.0699. The molecule has 2 saturated heterocycles. The average Bonchev–Trinajstić information content (AvgIpc) is 2.68. The fourth-order valence-corrected chi connectivity index (χ4v) is 4.58. The molecule has 150 valence electrons. The van der Waals surface area contributed by atoms with Crippen molar-refractivity contribution in [3.63, 3.8) is 0 Å². The molecular weight excluding hydrogens is 364 g/mol. The van der Waals surface area contributed by atoms with Crippen molar-refractivity contribution in [1.82, 2.24) is 14.1 Å². The van der Waals surface area contributed by atoms with Crippen LogP contribution >= 0.6 is 0 Å². The van der Waals surface area contributed by atoms with E-state index >= 15 is 0 Å². The minimum atomic E-state index is -3.58. The maximum atomic E-state index is 13.3. The van der Waals surface area contributed by atoms with Crippen molar-refractivity contribution in [2.45, 2.75) is 24.2 Å². The number of hydrogen-bond donors (Lipinski definition) is 0. The highest BCUT2D eigenvalue weighted by Crippen LogP contribution is 2.29. The van der Waals surface area contributed by atoms with Crippen LogP contribution in [0.4, 0.5) is 5.69 Å². The lowest BCUT2D eigenvalue weighted by atomic mass is 10.1. The van der Waals surface area contributed by atoms with Gasteiger partial charge in [-0.05, 0) is 44.5 Å². The number of anilines is 1. The molecule has 0 atom stereocenters. The first kappa shape index (κ1) is 20.1. The van der Waals surface area contributed by atoms with Crippen LogP contribution in [0.1, 0.15) is 29.6 Å². The van der Waals surface area contributed by atoms with E-state index < -0.39 is 10.0 Å². The van der Waals surface area contributed by atoms with Crippen LogP contribution in [0, 0.1) is 0 Å². The van der Waals surface area contributed by atoms with Gasteiger partial charge in [0.15, 0.2) is 0 Å². The van der Waals surface area contributed by atoms with Crippen LogP contribution in [0.2, 0.25) is 0 Å². The zero-order valence-corrected chi connectivity index (χ0v) is 17.3. The summed E-state index contributed by atoms with van der Waals surface area (Å²) in [4.78, 5) is 19.7. The van der Waals surface area contributed by atoms with E-state index in [9.17, 15) is 13.2 Å². The van der Waals surface area contributed by atoms with Gasteiger partial charge in [0, 0.05) is 59.1 Å². The van der Waals surface area contributed by atoms with Gasteiger partial charge in [0.2, 0.25) is 10.0 Å². The summed E-state index contributed by atoms with van der Waals surface area (Å²) in [7, 11) is 1.48. The zero-order valence-electron chi connectivity index (χ0n) is 16.5. The largest absolute Gasteiger partial charge is 0.371 e. The second-order valence-electron chi connectivity index (χ2n) is 7.61. The monoisotopic (exact) mass is 394 g/mol. The number of sulfonamides is 1. The molecule has 1 aromatic rings. The number of rotatable bonds is 4. The smallest absolute Gasteiger partial charge is 0.256 e. The Morgan fingerprint density at radius 1 is 0.963 bits per heavy atom. The molecule has 0 spiro atoms. The molecule has 2 fully saturated rings. The predicted octanol–water partition coefficient (Wildman–Crippen LogP) is 1.31. The number of carbonyl (C=O) groups excluding carboxylic acids is 1. The maximum absolute atomic E-state index is 13.3. The Morgan fingerprint density at radius 2 is 1.59 bits per heavy atom. The molecular formula is C19H30N4O3S. The van der Waals surface area contributed by atoms with Crippen LogP contribution in [0.5, 0.6) is 0 Å². The molecule has 3 rings (SSSR count). The van der Waals surface area contributed by atoms with Crippen LogP contribution in [0.3, 0.4) is 0 Å². The Balaban J connectivity index is 1.99. The van der Waals surface area contributed by atoms with Gasteiger partial charge < -0.3 is 14.7 Å². The molecule has 2 aliphatic rings. The lowest BCUT2D eigenvalue weighted by Gasteiger charge is -2.35. The lowest BCUT2D eigenvalue weighted by molar-refractivity contribution is 0.0664. The molecule has 0 N–H and O–H groups in total. The van der Waals surface area contributed by atoms with Crippen molar-refractivity contribution < 1.29 is 13.2 Å². The van der Waals surface area contributed by atoms with E-state index in [2.05, 4.69) is 9.80 Å². The molecule has 0 radical (unpaired) electrons. The van der Waals surface area contributed by atoms with E-state index in [0.717, 1.165) is 44.7 Å². The van der Waals surface area contributed by atoms with Gasteiger partial charge in [0.1, 0.15) is 0 Å². The first-order valence-electron chi connectivity index (χ1n) is 9.60. The number of piperidine rings is 1. The molecule has 0 aromatic heterocycles. The Hall–Kier alpha value is -1.64. The molecule has 27 heavy (non-hydrogen) atoms. The third-order valence-electron chi connectivity index (χ3n) is 5.46. The van der Waals surface area contributed by atoms with Crippen molar-refractivity contribution in [2.75, 3.05) is 65.3 Å². The number of piperazine rings is 1. The topological polar surface area (TPSA) is 64.2 Å². The summed E-state index contributed by atoms with van der Waals surface area (Å²) in [5.41, 5.74) is 1.36. The fourth-order valence-electron chi connectivity index (χ4n) is 3.65. The number of carbonyl (C=O) groups is 1. The Bertz CT molecular complexity index is 780. The Labute approximate surface area is 162 Å². The molecule has 0 bridgehead atoms. The molecule has 2 aliphatic heterocycles. The average molecular weight is 395 g/mol. The van der Waals surface area contributed by atoms with Gasteiger partial charge in [-0.3, -0.25) is 4.79 Å². The molecule has 0 saturated carbocycles. The first-order valence-corrected chi connectivity index (χ1v) is 11.0. The highest BCUT2D eigenvalue weighted by molar-refractivity contribution is 7.89. The van der Waals surface area contributed by atoms with Gasteiger partial charge in [-0.25, -0.2) is 12.7 Å². The first-order chi connectivity index (χ1) is 12.8. The van der Waals surface area contributed by atoms with Crippen molar-refractivity contribution >= 4 is 21.6 Å². The summed E-state index contributed by atoms with van der Waals surface area (Å²) in [6, 6.07) is 5.00. The summed E-state index contributed by atoms with van der Waals surface area (Å²) in [6.07, 6.45) is 3.39. The third kappa shape index (κ3) is 4.28. The van der Waals surface area contributed by atoms with E-state index in [1.165, 1.54) is 24.8 Å². The third-order valence-corrected chi connectivity index (χ3v) is 7.28.